The summed E-state index contributed by atoms with van der Waals surface area (Å²) in [6, 6.07) is 29.2. The number of benzene rings is 5. The Morgan fingerprint density at radius 2 is 1.23 bits per heavy atom. The first-order valence-corrected chi connectivity index (χ1v) is 10.5. The zero-order chi connectivity index (χ0) is 20.3. The van der Waals surface area contributed by atoms with Gasteiger partial charge in [0.2, 0.25) is 0 Å². The van der Waals surface area contributed by atoms with Crippen LogP contribution in [0.3, 0.4) is 0 Å². The van der Waals surface area contributed by atoms with Gasteiger partial charge in [-0.1, -0.05) is 66.7 Å². The Hall–Kier alpha value is -4.24. The molecule has 2 aromatic heterocycles. The molecule has 0 spiro atoms. The van der Waals surface area contributed by atoms with E-state index in [4.69, 9.17) is 4.98 Å². The first kappa shape index (κ1) is 15.6. The molecule has 0 N–H and O–H groups in total. The van der Waals surface area contributed by atoms with Crippen LogP contribution in [0.5, 0.6) is 0 Å². The molecule has 0 aliphatic carbocycles. The summed E-state index contributed by atoms with van der Waals surface area (Å²) in [5.74, 6) is 0. The highest BCUT2D eigenvalue weighted by atomic mass is 16.1. The van der Waals surface area contributed by atoms with E-state index in [0.29, 0.717) is 0 Å². The van der Waals surface area contributed by atoms with Crippen molar-refractivity contribution in [3.63, 3.8) is 0 Å². The molecule has 0 aliphatic heterocycles. The van der Waals surface area contributed by atoms with Gasteiger partial charge in [-0.15, -0.1) is 0 Å². The third-order valence-corrected chi connectivity index (χ3v) is 6.88. The lowest BCUT2D eigenvalue weighted by Gasteiger charge is -2.14. The molecule has 0 bridgehead atoms. The Kier molecular flexibility index (Phi) is 2.55. The molecule has 3 heteroatoms. The van der Waals surface area contributed by atoms with Gasteiger partial charge in [0.25, 0.3) is 5.56 Å². The largest absolute Gasteiger partial charge is 0.268 e. The zero-order valence-electron chi connectivity index (χ0n) is 16.4. The first-order valence-electron chi connectivity index (χ1n) is 10.5. The Bertz CT molecular complexity index is 2030. The fourth-order valence-electron chi connectivity index (χ4n) is 5.63. The van der Waals surface area contributed by atoms with Gasteiger partial charge in [-0.2, -0.15) is 0 Å². The molecule has 0 saturated carbocycles. The quantitative estimate of drug-likeness (QED) is 0.218. The third-order valence-electron chi connectivity index (χ3n) is 6.88. The maximum Gasteiger partial charge on any atom is 0.264 e. The number of rotatable bonds is 0. The second kappa shape index (κ2) is 5.08. The molecule has 2 heterocycles. The molecular weight excluding hydrogens is 380 g/mol. The van der Waals surface area contributed by atoms with Crippen molar-refractivity contribution in [2.45, 2.75) is 0 Å². The minimum atomic E-state index is -0.00934. The summed E-state index contributed by atoms with van der Waals surface area (Å²) >= 11 is 0. The highest BCUT2D eigenvalue weighted by Gasteiger charge is 2.19. The molecule has 0 saturated heterocycles. The van der Waals surface area contributed by atoms with Crippen molar-refractivity contribution in [1.29, 1.82) is 0 Å². The molecule has 3 nitrogen and oxygen atoms in total. The average Bonchev–Trinajstić information content (AvgIpc) is 3.15. The zero-order valence-corrected chi connectivity index (χ0v) is 16.4. The number of nitrogens with zero attached hydrogens (tertiary/aromatic N) is 2. The van der Waals surface area contributed by atoms with Crippen LogP contribution in [0.15, 0.2) is 89.7 Å². The summed E-state index contributed by atoms with van der Waals surface area (Å²) in [5, 5.41) is 11.0. The predicted octanol–water partition coefficient (Wildman–Crippen LogP) is 6.49. The lowest BCUT2D eigenvalue weighted by molar-refractivity contribution is 1.15. The molecule has 0 atom stereocenters. The van der Waals surface area contributed by atoms with Gasteiger partial charge >= 0.3 is 0 Å². The van der Waals surface area contributed by atoms with Gasteiger partial charge in [-0.05, 0) is 45.1 Å². The van der Waals surface area contributed by atoms with Gasteiger partial charge in [0.15, 0.2) is 0 Å². The average molecular weight is 394 g/mol. The number of hydrogen-bond donors (Lipinski definition) is 0. The molecule has 142 valence electrons. The number of aromatic nitrogens is 2. The SMILES string of the molecule is O=c1c2cccc3cccc(c32)c2nc3ccc4c5ccccc5c5ccc(c3c45)n12. The smallest absolute Gasteiger partial charge is 0.264 e. The van der Waals surface area contributed by atoms with Crippen molar-refractivity contribution in [3.8, 4) is 0 Å². The second-order valence-corrected chi connectivity index (χ2v) is 8.35. The van der Waals surface area contributed by atoms with Crippen molar-refractivity contribution in [2.24, 2.45) is 0 Å². The Labute approximate surface area is 175 Å². The Morgan fingerprint density at radius 3 is 2.00 bits per heavy atom. The molecule has 31 heavy (non-hydrogen) atoms. The van der Waals surface area contributed by atoms with E-state index in [0.717, 1.165) is 43.6 Å². The predicted molar refractivity (Wildman–Crippen MR) is 129 cm³/mol. The Balaban J connectivity index is 1.75. The van der Waals surface area contributed by atoms with Crippen LogP contribution in [0.25, 0.3) is 70.5 Å². The van der Waals surface area contributed by atoms with Crippen LogP contribution in [0.1, 0.15) is 0 Å². The number of pyridine rings is 1. The van der Waals surface area contributed by atoms with Gasteiger partial charge in [0, 0.05) is 26.9 Å². The molecule has 6 aromatic carbocycles. The lowest BCUT2D eigenvalue weighted by Crippen LogP contribution is -2.16. The maximum atomic E-state index is 13.7. The van der Waals surface area contributed by atoms with Gasteiger partial charge in [-0.25, -0.2) is 4.98 Å². The monoisotopic (exact) mass is 394 g/mol. The van der Waals surface area contributed by atoms with Crippen molar-refractivity contribution < 1.29 is 0 Å². The fourth-order valence-corrected chi connectivity index (χ4v) is 5.63. The van der Waals surface area contributed by atoms with Crippen LogP contribution in [-0.2, 0) is 0 Å². The highest BCUT2D eigenvalue weighted by Crippen LogP contribution is 2.42. The molecule has 0 amide bonds. The van der Waals surface area contributed by atoms with Crippen LogP contribution < -0.4 is 5.56 Å². The van der Waals surface area contributed by atoms with Crippen molar-refractivity contribution >= 4 is 70.5 Å². The van der Waals surface area contributed by atoms with Crippen LogP contribution in [0, 0.1) is 0 Å². The molecule has 0 radical (unpaired) electrons. The Morgan fingerprint density at radius 1 is 0.548 bits per heavy atom. The minimum Gasteiger partial charge on any atom is -0.268 e. The van der Waals surface area contributed by atoms with E-state index in [-0.39, 0.29) is 5.56 Å². The van der Waals surface area contributed by atoms with E-state index in [1.165, 1.54) is 26.9 Å². The number of fused-ring (bicyclic) bond motifs is 6. The van der Waals surface area contributed by atoms with E-state index < -0.39 is 0 Å². The van der Waals surface area contributed by atoms with Crippen LogP contribution in [0.2, 0.25) is 0 Å². The van der Waals surface area contributed by atoms with E-state index >= 15 is 0 Å². The molecule has 0 unspecified atom stereocenters. The normalized spacial score (nSPS) is 12.6. The third kappa shape index (κ3) is 1.69. The van der Waals surface area contributed by atoms with Gasteiger partial charge in [0.1, 0.15) is 5.65 Å². The molecule has 8 rings (SSSR count). The van der Waals surface area contributed by atoms with E-state index in [1.54, 1.807) is 0 Å². The molecular formula is C28H14N2O. The minimum absolute atomic E-state index is 0.00934. The number of hydrogen-bond acceptors (Lipinski definition) is 2. The van der Waals surface area contributed by atoms with Gasteiger partial charge in [-0.3, -0.25) is 9.20 Å². The molecule has 8 aromatic rings. The first-order chi connectivity index (χ1) is 15.3. The van der Waals surface area contributed by atoms with Gasteiger partial charge < -0.3 is 0 Å². The summed E-state index contributed by atoms with van der Waals surface area (Å²) in [6.45, 7) is 0. The maximum absolute atomic E-state index is 13.7. The summed E-state index contributed by atoms with van der Waals surface area (Å²) in [7, 11) is 0. The molecule has 0 aliphatic rings. The summed E-state index contributed by atoms with van der Waals surface area (Å²) in [4.78, 5) is 18.8. The second-order valence-electron chi connectivity index (χ2n) is 8.35. The van der Waals surface area contributed by atoms with E-state index in [2.05, 4.69) is 66.7 Å². The van der Waals surface area contributed by atoms with E-state index in [9.17, 15) is 4.79 Å². The standard InChI is InChI=1S/C28H14N2O/c31-28-21-10-4-6-15-5-3-9-20(24(15)21)27-29-22-13-11-18-16-7-1-2-8-17(16)19-12-14-23(30(27)28)26(22)25(18)19/h1-14H. The van der Waals surface area contributed by atoms with Gasteiger partial charge in [0.05, 0.1) is 11.0 Å². The molecule has 0 fully saturated rings. The van der Waals surface area contributed by atoms with Crippen LogP contribution in [-0.4, -0.2) is 9.38 Å². The summed E-state index contributed by atoms with van der Waals surface area (Å²) in [6.07, 6.45) is 0. The van der Waals surface area contributed by atoms with Crippen molar-refractivity contribution in [3.05, 3.63) is 95.3 Å². The van der Waals surface area contributed by atoms with Crippen molar-refractivity contribution in [2.75, 3.05) is 0 Å². The summed E-state index contributed by atoms with van der Waals surface area (Å²) in [5.41, 5.74) is 2.56. The van der Waals surface area contributed by atoms with Crippen LogP contribution >= 0.6 is 0 Å². The van der Waals surface area contributed by atoms with Crippen LogP contribution in [0.4, 0.5) is 0 Å². The highest BCUT2D eigenvalue weighted by molar-refractivity contribution is 6.35. The summed E-state index contributed by atoms with van der Waals surface area (Å²) < 4.78 is 1.82. The lowest BCUT2D eigenvalue weighted by atomic mass is 10.0. The van der Waals surface area contributed by atoms with E-state index in [1.807, 2.05) is 22.6 Å². The topological polar surface area (TPSA) is 34.4 Å². The van der Waals surface area contributed by atoms with Crippen molar-refractivity contribution in [1.82, 2.24) is 9.38 Å². The fraction of sp³-hybridized carbons (Fsp3) is 0.